The predicted molar refractivity (Wildman–Crippen MR) is 122 cm³/mol. The first-order valence-corrected chi connectivity index (χ1v) is 13.1. The number of pyridine rings is 2. The van der Waals surface area contributed by atoms with Crippen LogP contribution in [0.3, 0.4) is 0 Å². The molecule has 11 nitrogen and oxygen atoms in total. The third kappa shape index (κ3) is 6.45. The lowest BCUT2D eigenvalue weighted by atomic mass is 10.3. The molecular formula is C21H14F3N5O6S2. The molecule has 192 valence electrons. The molecule has 0 N–H and O–H groups in total. The molecule has 1 atom stereocenters. The number of ether oxygens (including phenoxy) is 1. The highest BCUT2D eigenvalue weighted by atomic mass is 32.2. The smallest absolute Gasteiger partial charge is 0.417 e. The Kier molecular flexibility index (Phi) is 7.60. The van der Waals surface area contributed by atoms with Crippen molar-refractivity contribution in [2.24, 2.45) is 4.36 Å². The van der Waals surface area contributed by atoms with Gasteiger partial charge in [0.25, 0.3) is 5.69 Å². The van der Waals surface area contributed by atoms with Crippen LogP contribution < -0.4 is 4.74 Å². The van der Waals surface area contributed by atoms with Crippen molar-refractivity contribution in [3.8, 4) is 17.7 Å². The molecular weight excluding hydrogens is 539 g/mol. The second kappa shape index (κ2) is 10.3. The van der Waals surface area contributed by atoms with Gasteiger partial charge in [-0.3, -0.25) is 10.1 Å². The average Bonchev–Trinajstić information content (AvgIpc) is 2.84. The summed E-state index contributed by atoms with van der Waals surface area (Å²) in [4.78, 5) is 16.3. The minimum Gasteiger partial charge on any atom is -0.439 e. The number of hydrogen-bond acceptors (Lipinski definition) is 10. The molecule has 2 aromatic heterocycles. The Morgan fingerprint density at radius 2 is 1.76 bits per heavy atom. The van der Waals surface area contributed by atoms with Gasteiger partial charge in [0, 0.05) is 29.5 Å². The summed E-state index contributed by atoms with van der Waals surface area (Å²) < 4.78 is 85.5. The Balaban J connectivity index is 1.84. The van der Waals surface area contributed by atoms with Gasteiger partial charge in [-0.25, -0.2) is 27.0 Å². The van der Waals surface area contributed by atoms with E-state index in [0.29, 0.717) is 24.5 Å². The Labute approximate surface area is 208 Å². The van der Waals surface area contributed by atoms with Crippen molar-refractivity contribution in [2.45, 2.75) is 16.1 Å². The quantitative estimate of drug-likeness (QED) is 0.233. The SMILES string of the molecule is CS(=O)(=NC=C(C#N)S(=O)(=O)c1ccc(C(F)(F)F)cn1)c1ccc(Oc2ccc([N+](=O)[O-])cn2)cc1. The third-order valence-electron chi connectivity index (χ3n) is 4.52. The van der Waals surface area contributed by atoms with Crippen LogP contribution in [0.4, 0.5) is 18.9 Å². The lowest BCUT2D eigenvalue weighted by Crippen LogP contribution is -2.09. The highest BCUT2D eigenvalue weighted by Crippen LogP contribution is 2.29. The number of nitro groups is 1. The van der Waals surface area contributed by atoms with Gasteiger partial charge in [-0.05, 0) is 36.4 Å². The maximum atomic E-state index is 13.0. The topological polar surface area (TPSA) is 166 Å². The van der Waals surface area contributed by atoms with Gasteiger partial charge in [0.15, 0.2) is 9.93 Å². The van der Waals surface area contributed by atoms with E-state index in [1.54, 1.807) is 0 Å². The van der Waals surface area contributed by atoms with Crippen molar-refractivity contribution in [3.63, 3.8) is 0 Å². The van der Waals surface area contributed by atoms with Crippen LogP contribution in [0.2, 0.25) is 0 Å². The van der Waals surface area contributed by atoms with Gasteiger partial charge in [0.1, 0.15) is 18.0 Å². The Morgan fingerprint density at radius 1 is 1.08 bits per heavy atom. The monoisotopic (exact) mass is 553 g/mol. The molecule has 3 aromatic rings. The number of sulfone groups is 1. The van der Waals surface area contributed by atoms with E-state index < -0.39 is 46.2 Å². The molecule has 1 aromatic carbocycles. The molecule has 0 fully saturated rings. The van der Waals surface area contributed by atoms with Crippen LogP contribution >= 0.6 is 0 Å². The van der Waals surface area contributed by atoms with E-state index >= 15 is 0 Å². The highest BCUT2D eigenvalue weighted by molar-refractivity contribution is 7.95. The van der Waals surface area contributed by atoms with Crippen LogP contribution in [0, 0.1) is 21.4 Å². The van der Waals surface area contributed by atoms with E-state index in [1.807, 2.05) is 0 Å². The second-order valence-corrected chi connectivity index (χ2v) is 11.2. The first-order valence-electron chi connectivity index (χ1n) is 9.72. The largest absolute Gasteiger partial charge is 0.439 e. The van der Waals surface area contributed by atoms with E-state index in [-0.39, 0.29) is 22.2 Å². The summed E-state index contributed by atoms with van der Waals surface area (Å²) in [7, 11) is -7.91. The number of aromatic nitrogens is 2. The van der Waals surface area contributed by atoms with Gasteiger partial charge in [-0.15, -0.1) is 0 Å². The zero-order chi connectivity index (χ0) is 27.4. The Morgan fingerprint density at radius 3 is 2.24 bits per heavy atom. The van der Waals surface area contributed by atoms with Gasteiger partial charge in [0.2, 0.25) is 15.7 Å². The van der Waals surface area contributed by atoms with Crippen molar-refractivity contribution in [2.75, 3.05) is 6.26 Å². The molecule has 0 radical (unpaired) electrons. The molecule has 1 unspecified atom stereocenters. The first kappa shape index (κ1) is 27.2. The van der Waals surface area contributed by atoms with E-state index in [2.05, 4.69) is 14.3 Å². The van der Waals surface area contributed by atoms with Crippen LogP contribution in [0.1, 0.15) is 5.56 Å². The summed E-state index contributed by atoms with van der Waals surface area (Å²) in [6, 6.07) is 10.5. The number of halogens is 3. The average molecular weight is 554 g/mol. The first-order chi connectivity index (χ1) is 17.2. The van der Waals surface area contributed by atoms with E-state index in [9.17, 15) is 41.2 Å². The number of benzene rings is 1. The molecule has 0 saturated heterocycles. The second-order valence-electron chi connectivity index (χ2n) is 7.08. The van der Waals surface area contributed by atoms with Gasteiger partial charge < -0.3 is 4.74 Å². The van der Waals surface area contributed by atoms with Crippen molar-refractivity contribution < 1.29 is 35.5 Å². The van der Waals surface area contributed by atoms with Gasteiger partial charge >= 0.3 is 6.18 Å². The van der Waals surface area contributed by atoms with Crippen LogP contribution in [-0.4, -0.2) is 33.8 Å². The van der Waals surface area contributed by atoms with Gasteiger partial charge in [0.05, 0.1) is 26.4 Å². The molecule has 2 heterocycles. The van der Waals surface area contributed by atoms with Crippen molar-refractivity contribution in [1.82, 2.24) is 9.97 Å². The van der Waals surface area contributed by atoms with Crippen LogP contribution in [0.15, 0.2) is 86.3 Å². The van der Waals surface area contributed by atoms with Crippen LogP contribution in [0.25, 0.3) is 0 Å². The maximum Gasteiger partial charge on any atom is 0.417 e. The fourth-order valence-electron chi connectivity index (χ4n) is 2.61. The summed E-state index contributed by atoms with van der Waals surface area (Å²) in [6.07, 6.45) is -1.67. The van der Waals surface area contributed by atoms with E-state index in [1.165, 1.54) is 48.7 Å². The summed E-state index contributed by atoms with van der Waals surface area (Å²) in [5, 5.41) is 19.1. The molecule has 0 amide bonds. The molecule has 0 aliphatic rings. The maximum absolute atomic E-state index is 13.0. The lowest BCUT2D eigenvalue weighted by molar-refractivity contribution is -0.385. The summed E-state index contributed by atoms with van der Waals surface area (Å²) >= 11 is 0. The molecule has 0 saturated carbocycles. The Hall–Kier alpha value is -4.36. The number of hydrogen-bond donors (Lipinski definition) is 0. The molecule has 0 bridgehead atoms. The molecule has 3 rings (SSSR count). The summed E-state index contributed by atoms with van der Waals surface area (Å²) in [6.45, 7) is 0. The van der Waals surface area contributed by atoms with Crippen LogP contribution in [0.5, 0.6) is 11.6 Å². The third-order valence-corrected chi connectivity index (χ3v) is 7.75. The minimum absolute atomic E-state index is 0.0592. The van der Waals surface area contributed by atoms with Gasteiger partial charge in [-0.1, -0.05) is 0 Å². The van der Waals surface area contributed by atoms with Gasteiger partial charge in [-0.2, -0.15) is 18.4 Å². The molecule has 0 spiro atoms. The zero-order valence-electron chi connectivity index (χ0n) is 18.5. The normalized spacial score (nSPS) is 13.8. The fraction of sp³-hybridized carbons (Fsp3) is 0.0952. The summed E-state index contributed by atoms with van der Waals surface area (Å²) in [5.41, 5.74) is -1.40. The molecule has 37 heavy (non-hydrogen) atoms. The Bertz CT molecular complexity index is 1620. The lowest BCUT2D eigenvalue weighted by Gasteiger charge is -2.08. The minimum atomic E-state index is -4.73. The molecule has 0 aliphatic heterocycles. The molecule has 0 aliphatic carbocycles. The van der Waals surface area contributed by atoms with Crippen molar-refractivity contribution in [1.29, 1.82) is 5.26 Å². The number of nitriles is 1. The van der Waals surface area contributed by atoms with Crippen molar-refractivity contribution in [3.05, 3.63) is 87.7 Å². The fourth-order valence-corrected chi connectivity index (χ4v) is 4.72. The van der Waals surface area contributed by atoms with E-state index in [4.69, 9.17) is 4.74 Å². The number of allylic oxidation sites excluding steroid dienone is 1. The molecule has 16 heteroatoms. The van der Waals surface area contributed by atoms with E-state index in [0.717, 1.165) is 6.20 Å². The summed E-state index contributed by atoms with van der Waals surface area (Å²) in [5.74, 6) is 0.300. The number of alkyl halides is 3. The zero-order valence-corrected chi connectivity index (χ0v) is 20.1. The number of rotatable bonds is 7. The number of nitrogens with zero attached hydrogens (tertiary/aromatic N) is 5. The van der Waals surface area contributed by atoms with Crippen molar-refractivity contribution >= 4 is 25.3 Å². The van der Waals surface area contributed by atoms with Crippen LogP contribution in [-0.2, 0) is 25.7 Å². The predicted octanol–water partition coefficient (Wildman–Crippen LogP) is 4.49. The standard InChI is InChI=1S/C21H14F3N5O6S2/c1-36(32,17-6-4-16(5-7-17)35-19-8-3-15(12-26-19)29(30)31)28-13-18(10-25)37(33,34)20-9-2-14(11-27-20)21(22,23)24/h2-9,11-13H,1H3. The highest BCUT2D eigenvalue weighted by Gasteiger charge is 2.32.